The van der Waals surface area contributed by atoms with Gasteiger partial charge in [0.1, 0.15) is 12.7 Å². The first kappa shape index (κ1) is 13.8. The molecule has 5 rings (SSSR count). The summed E-state index contributed by atoms with van der Waals surface area (Å²) < 4.78 is 3.98. The van der Waals surface area contributed by atoms with E-state index in [0.717, 1.165) is 22.3 Å². The third-order valence-corrected chi connectivity index (χ3v) is 4.44. The highest BCUT2D eigenvalue weighted by Crippen LogP contribution is 2.34. The SMILES string of the molecule is Cn1cc(-c2c[nH]c3ccccc23)c(-n2cnc3c(N)ncnc32)c1. The van der Waals surface area contributed by atoms with Gasteiger partial charge in [0.25, 0.3) is 0 Å². The van der Waals surface area contributed by atoms with Crippen LogP contribution in [0, 0.1) is 0 Å². The predicted molar refractivity (Wildman–Crippen MR) is 97.3 cm³/mol. The normalized spacial score (nSPS) is 11.6. The molecule has 25 heavy (non-hydrogen) atoms. The van der Waals surface area contributed by atoms with E-state index in [2.05, 4.69) is 44.5 Å². The van der Waals surface area contributed by atoms with E-state index in [-0.39, 0.29) is 0 Å². The van der Waals surface area contributed by atoms with Gasteiger partial charge in [-0.25, -0.2) is 15.0 Å². The van der Waals surface area contributed by atoms with E-state index in [4.69, 9.17) is 5.73 Å². The molecular formula is C18H15N7. The summed E-state index contributed by atoms with van der Waals surface area (Å²) in [6.07, 6.45) is 9.39. The minimum Gasteiger partial charge on any atom is -0.382 e. The summed E-state index contributed by atoms with van der Waals surface area (Å²) in [5.74, 6) is 0.383. The van der Waals surface area contributed by atoms with E-state index < -0.39 is 0 Å². The van der Waals surface area contributed by atoms with Gasteiger partial charge < -0.3 is 15.3 Å². The monoisotopic (exact) mass is 329 g/mol. The molecule has 0 spiro atoms. The van der Waals surface area contributed by atoms with Crippen LogP contribution in [0.5, 0.6) is 0 Å². The topological polar surface area (TPSA) is 90.3 Å². The number of rotatable bonds is 2. The number of nitrogens with zero attached hydrogens (tertiary/aromatic N) is 5. The Labute approximate surface area is 142 Å². The highest BCUT2D eigenvalue weighted by atomic mass is 15.1. The first-order valence-electron chi connectivity index (χ1n) is 7.89. The van der Waals surface area contributed by atoms with Crippen LogP contribution in [0.15, 0.2) is 55.5 Å². The molecule has 0 aliphatic carbocycles. The van der Waals surface area contributed by atoms with Crippen LogP contribution in [0.4, 0.5) is 5.82 Å². The molecule has 0 radical (unpaired) electrons. The molecule has 4 heterocycles. The molecule has 7 heteroatoms. The first-order valence-corrected chi connectivity index (χ1v) is 7.89. The van der Waals surface area contributed by atoms with Gasteiger partial charge in [0.15, 0.2) is 17.0 Å². The van der Waals surface area contributed by atoms with E-state index >= 15 is 0 Å². The van der Waals surface area contributed by atoms with Crippen molar-refractivity contribution in [1.29, 1.82) is 0 Å². The molecule has 0 aliphatic heterocycles. The fourth-order valence-electron chi connectivity index (χ4n) is 3.29. The lowest BCUT2D eigenvalue weighted by molar-refractivity contribution is 0.920. The smallest absolute Gasteiger partial charge is 0.170 e. The quantitative estimate of drug-likeness (QED) is 0.521. The highest BCUT2D eigenvalue weighted by Gasteiger charge is 2.17. The van der Waals surface area contributed by atoms with Crippen LogP contribution in [-0.4, -0.2) is 29.1 Å². The van der Waals surface area contributed by atoms with E-state index in [1.807, 2.05) is 34.5 Å². The zero-order valence-electron chi connectivity index (χ0n) is 13.5. The Morgan fingerprint density at radius 1 is 1.04 bits per heavy atom. The van der Waals surface area contributed by atoms with Crippen molar-refractivity contribution in [2.45, 2.75) is 0 Å². The van der Waals surface area contributed by atoms with E-state index in [9.17, 15) is 0 Å². The zero-order chi connectivity index (χ0) is 17.0. The number of hydrogen-bond acceptors (Lipinski definition) is 4. The lowest BCUT2D eigenvalue weighted by atomic mass is 10.1. The van der Waals surface area contributed by atoms with Crippen LogP contribution in [0.25, 0.3) is 38.9 Å². The van der Waals surface area contributed by atoms with Crippen molar-refractivity contribution in [2.24, 2.45) is 7.05 Å². The van der Waals surface area contributed by atoms with Crippen molar-refractivity contribution in [3.05, 3.63) is 55.5 Å². The summed E-state index contributed by atoms with van der Waals surface area (Å²) in [6, 6.07) is 8.26. The molecular weight excluding hydrogens is 314 g/mol. The van der Waals surface area contributed by atoms with Gasteiger partial charge >= 0.3 is 0 Å². The second-order valence-corrected chi connectivity index (χ2v) is 6.02. The number of nitrogen functional groups attached to an aromatic ring is 1. The van der Waals surface area contributed by atoms with Crippen LogP contribution in [0.2, 0.25) is 0 Å². The Bertz CT molecular complexity index is 1220. The van der Waals surface area contributed by atoms with Crippen LogP contribution in [-0.2, 0) is 7.05 Å². The number of hydrogen-bond donors (Lipinski definition) is 2. The standard InChI is InChI=1S/C18H15N7/c1-24-7-13(12-6-20-14-5-3-2-4-11(12)14)15(8-24)25-10-23-16-17(19)21-9-22-18(16)25/h2-10,20H,1H3,(H2,19,21,22). The molecule has 5 aromatic rings. The maximum atomic E-state index is 5.92. The molecule has 0 amide bonds. The Kier molecular flexibility index (Phi) is 2.73. The maximum Gasteiger partial charge on any atom is 0.170 e. The molecule has 1 aromatic carbocycles. The predicted octanol–water partition coefficient (Wildman–Crippen LogP) is 2.88. The number of nitrogens with one attached hydrogen (secondary N) is 1. The molecule has 4 aromatic heterocycles. The van der Waals surface area contributed by atoms with Gasteiger partial charge in [0, 0.05) is 47.7 Å². The fourth-order valence-corrected chi connectivity index (χ4v) is 3.29. The highest BCUT2D eigenvalue weighted by molar-refractivity contribution is 5.98. The van der Waals surface area contributed by atoms with Gasteiger partial charge in [-0.1, -0.05) is 18.2 Å². The third-order valence-electron chi connectivity index (χ3n) is 4.44. The minimum atomic E-state index is 0.383. The van der Waals surface area contributed by atoms with E-state index in [0.29, 0.717) is 17.0 Å². The average Bonchev–Trinajstić information content (AvgIpc) is 3.31. The second-order valence-electron chi connectivity index (χ2n) is 6.02. The largest absolute Gasteiger partial charge is 0.382 e. The van der Waals surface area contributed by atoms with Gasteiger partial charge in [-0.15, -0.1) is 0 Å². The van der Waals surface area contributed by atoms with Gasteiger partial charge in [-0.3, -0.25) is 4.57 Å². The summed E-state index contributed by atoms with van der Waals surface area (Å²) in [5, 5.41) is 1.17. The summed E-state index contributed by atoms with van der Waals surface area (Å²) in [5.41, 5.74) is 11.6. The fraction of sp³-hybridized carbons (Fsp3) is 0.0556. The Hall–Kier alpha value is -3.61. The molecule has 0 bridgehead atoms. The Morgan fingerprint density at radius 2 is 1.92 bits per heavy atom. The number of aromatic nitrogens is 6. The van der Waals surface area contributed by atoms with Gasteiger partial charge in [-0.05, 0) is 6.07 Å². The third kappa shape index (κ3) is 1.96. The number of fused-ring (bicyclic) bond motifs is 2. The number of imidazole rings is 1. The Morgan fingerprint density at radius 3 is 2.84 bits per heavy atom. The molecule has 0 saturated heterocycles. The second kappa shape index (κ2) is 4.94. The van der Waals surface area contributed by atoms with Crippen LogP contribution < -0.4 is 5.73 Å². The molecule has 0 aliphatic rings. The van der Waals surface area contributed by atoms with Crippen molar-refractivity contribution in [2.75, 3.05) is 5.73 Å². The molecule has 7 nitrogen and oxygen atoms in total. The first-order chi connectivity index (χ1) is 12.2. The zero-order valence-corrected chi connectivity index (χ0v) is 13.5. The number of H-pyrrole nitrogens is 1. The van der Waals surface area contributed by atoms with Crippen molar-refractivity contribution in [1.82, 2.24) is 29.1 Å². The molecule has 0 fully saturated rings. The van der Waals surface area contributed by atoms with Crippen LogP contribution in [0.1, 0.15) is 0 Å². The number of benzene rings is 1. The number of anilines is 1. The van der Waals surface area contributed by atoms with Crippen LogP contribution in [0.3, 0.4) is 0 Å². The number of aryl methyl sites for hydroxylation is 1. The van der Waals surface area contributed by atoms with Gasteiger partial charge in [-0.2, -0.15) is 0 Å². The van der Waals surface area contributed by atoms with E-state index in [1.165, 1.54) is 11.7 Å². The summed E-state index contributed by atoms with van der Waals surface area (Å²) in [6.45, 7) is 0. The van der Waals surface area contributed by atoms with Gasteiger partial charge in [0.05, 0.1) is 5.69 Å². The average molecular weight is 329 g/mol. The van der Waals surface area contributed by atoms with E-state index in [1.54, 1.807) is 6.33 Å². The molecule has 0 saturated carbocycles. The molecule has 0 unspecified atom stereocenters. The maximum absolute atomic E-state index is 5.92. The summed E-state index contributed by atoms with van der Waals surface area (Å²) in [4.78, 5) is 16.1. The van der Waals surface area contributed by atoms with Crippen molar-refractivity contribution in [3.8, 4) is 16.8 Å². The number of aromatic amines is 1. The summed E-state index contributed by atoms with van der Waals surface area (Å²) >= 11 is 0. The molecule has 122 valence electrons. The van der Waals surface area contributed by atoms with Crippen molar-refractivity contribution in [3.63, 3.8) is 0 Å². The van der Waals surface area contributed by atoms with Gasteiger partial charge in [0.2, 0.25) is 0 Å². The minimum absolute atomic E-state index is 0.383. The lowest BCUT2D eigenvalue weighted by Gasteiger charge is -2.05. The van der Waals surface area contributed by atoms with Crippen molar-refractivity contribution >= 4 is 27.9 Å². The molecule has 3 N–H and O–H groups in total. The number of nitrogens with two attached hydrogens (primary N) is 1. The Balaban J connectivity index is 1.80. The summed E-state index contributed by atoms with van der Waals surface area (Å²) in [7, 11) is 2.00. The molecule has 0 atom stereocenters. The lowest BCUT2D eigenvalue weighted by Crippen LogP contribution is -1.97. The number of para-hydroxylation sites is 1. The van der Waals surface area contributed by atoms with Crippen LogP contribution >= 0.6 is 0 Å². The van der Waals surface area contributed by atoms with Crippen molar-refractivity contribution < 1.29 is 0 Å².